The average molecular weight is 331 g/mol. The SMILES string of the molecule is COc1cccc2sc(N3CCC(NC(=O)C4CC4)CC3)nc12. The first-order chi connectivity index (χ1) is 11.2. The highest BCUT2D eigenvalue weighted by Crippen LogP contribution is 2.35. The second-order valence-corrected chi connectivity index (χ2v) is 7.36. The molecular weight excluding hydrogens is 310 g/mol. The molecule has 0 atom stereocenters. The molecule has 0 unspecified atom stereocenters. The number of nitrogens with one attached hydrogen (secondary N) is 1. The van der Waals surface area contributed by atoms with Gasteiger partial charge in [-0.15, -0.1) is 0 Å². The Labute approximate surface area is 139 Å². The van der Waals surface area contributed by atoms with E-state index < -0.39 is 0 Å². The molecule has 1 aromatic heterocycles. The van der Waals surface area contributed by atoms with E-state index in [-0.39, 0.29) is 5.91 Å². The van der Waals surface area contributed by atoms with Crippen molar-refractivity contribution >= 4 is 32.6 Å². The van der Waals surface area contributed by atoms with E-state index in [1.807, 2.05) is 12.1 Å². The number of para-hydroxylation sites is 1. The highest BCUT2D eigenvalue weighted by atomic mass is 32.1. The van der Waals surface area contributed by atoms with Gasteiger partial charge in [-0.2, -0.15) is 0 Å². The fourth-order valence-electron chi connectivity index (χ4n) is 3.09. The minimum Gasteiger partial charge on any atom is -0.494 e. The van der Waals surface area contributed by atoms with Crippen LogP contribution in [0.4, 0.5) is 5.13 Å². The van der Waals surface area contributed by atoms with Crippen molar-refractivity contribution in [2.75, 3.05) is 25.1 Å². The topological polar surface area (TPSA) is 54.5 Å². The number of benzene rings is 1. The smallest absolute Gasteiger partial charge is 0.223 e. The molecule has 1 amide bonds. The van der Waals surface area contributed by atoms with Gasteiger partial charge in [0, 0.05) is 25.0 Å². The molecule has 6 heteroatoms. The molecule has 1 aromatic carbocycles. The van der Waals surface area contributed by atoms with Crippen LogP contribution >= 0.6 is 11.3 Å². The molecular formula is C17H21N3O2S. The number of hydrogen-bond donors (Lipinski definition) is 1. The lowest BCUT2D eigenvalue weighted by Crippen LogP contribution is -2.45. The number of thiazole rings is 1. The van der Waals surface area contributed by atoms with Crippen LogP contribution in [-0.4, -0.2) is 37.1 Å². The lowest BCUT2D eigenvalue weighted by molar-refractivity contribution is -0.123. The predicted octanol–water partition coefficient (Wildman–Crippen LogP) is 2.80. The summed E-state index contributed by atoms with van der Waals surface area (Å²) in [5, 5.41) is 4.25. The van der Waals surface area contributed by atoms with Crippen molar-refractivity contribution in [2.45, 2.75) is 31.7 Å². The second kappa shape index (κ2) is 6.00. The molecule has 4 rings (SSSR count). The normalized spacial score (nSPS) is 19.1. The minimum atomic E-state index is 0.258. The number of anilines is 1. The first-order valence-electron chi connectivity index (χ1n) is 8.23. The number of carbonyl (C=O) groups excluding carboxylic acids is 1. The highest BCUT2D eigenvalue weighted by Gasteiger charge is 2.32. The molecule has 0 bridgehead atoms. The first kappa shape index (κ1) is 14.8. The summed E-state index contributed by atoms with van der Waals surface area (Å²) in [6.07, 6.45) is 4.12. The van der Waals surface area contributed by atoms with Crippen LogP contribution in [0.25, 0.3) is 10.2 Å². The maximum Gasteiger partial charge on any atom is 0.223 e. The number of rotatable bonds is 4. The van der Waals surface area contributed by atoms with Crippen LogP contribution in [-0.2, 0) is 4.79 Å². The summed E-state index contributed by atoms with van der Waals surface area (Å²) in [5.41, 5.74) is 0.944. The van der Waals surface area contributed by atoms with E-state index >= 15 is 0 Å². The molecule has 2 heterocycles. The number of carbonyl (C=O) groups is 1. The van der Waals surface area contributed by atoms with Crippen molar-refractivity contribution in [3.8, 4) is 5.75 Å². The molecule has 2 aromatic rings. The summed E-state index contributed by atoms with van der Waals surface area (Å²) in [7, 11) is 1.68. The Bertz CT molecular complexity index is 718. The standard InChI is InChI=1S/C17H21N3O2S/c1-22-13-3-2-4-14-15(13)19-17(23-14)20-9-7-12(8-10-20)18-16(21)11-5-6-11/h2-4,11-12H,5-10H2,1H3,(H,18,21). The first-order valence-corrected chi connectivity index (χ1v) is 9.05. The van der Waals surface area contributed by atoms with E-state index in [1.54, 1.807) is 18.4 Å². The Morgan fingerprint density at radius 2 is 2.09 bits per heavy atom. The van der Waals surface area contributed by atoms with Gasteiger partial charge < -0.3 is 15.0 Å². The molecule has 2 fully saturated rings. The highest BCUT2D eigenvalue weighted by molar-refractivity contribution is 7.22. The van der Waals surface area contributed by atoms with Crippen molar-refractivity contribution < 1.29 is 9.53 Å². The maximum absolute atomic E-state index is 11.9. The van der Waals surface area contributed by atoms with Crippen molar-refractivity contribution in [3.05, 3.63) is 18.2 Å². The summed E-state index contributed by atoms with van der Waals surface area (Å²) in [6, 6.07) is 6.36. The van der Waals surface area contributed by atoms with Crippen LogP contribution in [0.15, 0.2) is 18.2 Å². The molecule has 122 valence electrons. The van der Waals surface area contributed by atoms with Crippen LogP contribution in [0.1, 0.15) is 25.7 Å². The van der Waals surface area contributed by atoms with E-state index in [1.165, 1.54) is 0 Å². The minimum absolute atomic E-state index is 0.258. The van der Waals surface area contributed by atoms with E-state index in [2.05, 4.69) is 16.3 Å². The van der Waals surface area contributed by atoms with Gasteiger partial charge in [-0.25, -0.2) is 4.98 Å². The zero-order chi connectivity index (χ0) is 15.8. The summed E-state index contributed by atoms with van der Waals surface area (Å²) in [4.78, 5) is 19.0. The quantitative estimate of drug-likeness (QED) is 0.936. The van der Waals surface area contributed by atoms with Gasteiger partial charge in [0.15, 0.2) is 5.13 Å². The zero-order valence-electron chi connectivity index (χ0n) is 13.2. The van der Waals surface area contributed by atoms with Gasteiger partial charge in [0.25, 0.3) is 0 Å². The average Bonchev–Trinajstić information content (AvgIpc) is 3.34. The third kappa shape index (κ3) is 3.00. The van der Waals surface area contributed by atoms with E-state index in [0.29, 0.717) is 12.0 Å². The van der Waals surface area contributed by atoms with Crippen molar-refractivity contribution in [3.63, 3.8) is 0 Å². The molecule has 1 aliphatic carbocycles. The maximum atomic E-state index is 11.9. The number of piperidine rings is 1. The van der Waals surface area contributed by atoms with E-state index in [9.17, 15) is 4.79 Å². The van der Waals surface area contributed by atoms with Crippen LogP contribution in [0.2, 0.25) is 0 Å². The number of amides is 1. The number of nitrogens with zero attached hydrogens (tertiary/aromatic N) is 2. The van der Waals surface area contributed by atoms with Crippen molar-refractivity contribution in [1.82, 2.24) is 10.3 Å². The molecule has 5 nitrogen and oxygen atoms in total. The molecule has 2 aliphatic rings. The van der Waals surface area contributed by atoms with Gasteiger partial charge in [0.2, 0.25) is 5.91 Å². The van der Waals surface area contributed by atoms with Gasteiger partial charge in [-0.1, -0.05) is 17.4 Å². The van der Waals surface area contributed by atoms with Crippen LogP contribution < -0.4 is 15.0 Å². The molecule has 1 saturated carbocycles. The third-order valence-corrected chi connectivity index (χ3v) is 5.73. The summed E-state index contributed by atoms with van der Waals surface area (Å²) in [5.74, 6) is 1.38. The Kier molecular flexibility index (Phi) is 3.85. The second-order valence-electron chi connectivity index (χ2n) is 6.35. The van der Waals surface area contributed by atoms with Crippen molar-refractivity contribution in [2.24, 2.45) is 5.92 Å². The molecule has 1 saturated heterocycles. The van der Waals surface area contributed by atoms with E-state index in [0.717, 1.165) is 59.9 Å². The fourth-order valence-corrected chi connectivity index (χ4v) is 4.13. The molecule has 23 heavy (non-hydrogen) atoms. The Balaban J connectivity index is 1.42. The Morgan fingerprint density at radius 3 is 2.78 bits per heavy atom. The van der Waals surface area contributed by atoms with Gasteiger partial charge >= 0.3 is 0 Å². The lowest BCUT2D eigenvalue weighted by atomic mass is 10.1. The summed E-state index contributed by atoms with van der Waals surface area (Å²) < 4.78 is 6.55. The lowest BCUT2D eigenvalue weighted by Gasteiger charge is -2.32. The third-order valence-electron chi connectivity index (χ3n) is 4.65. The summed E-state index contributed by atoms with van der Waals surface area (Å²) >= 11 is 1.71. The molecule has 1 N–H and O–H groups in total. The van der Waals surface area contributed by atoms with Crippen LogP contribution in [0.5, 0.6) is 5.75 Å². The van der Waals surface area contributed by atoms with Crippen LogP contribution in [0, 0.1) is 5.92 Å². The van der Waals surface area contributed by atoms with E-state index in [4.69, 9.17) is 9.72 Å². The fraction of sp³-hybridized carbons (Fsp3) is 0.529. The zero-order valence-corrected chi connectivity index (χ0v) is 14.1. The van der Waals surface area contributed by atoms with Gasteiger partial charge in [0.1, 0.15) is 11.3 Å². The van der Waals surface area contributed by atoms with Gasteiger partial charge in [-0.3, -0.25) is 4.79 Å². The van der Waals surface area contributed by atoms with Gasteiger partial charge in [0.05, 0.1) is 11.8 Å². The molecule has 1 aliphatic heterocycles. The largest absolute Gasteiger partial charge is 0.494 e. The van der Waals surface area contributed by atoms with Crippen molar-refractivity contribution in [1.29, 1.82) is 0 Å². The number of hydrogen-bond acceptors (Lipinski definition) is 5. The van der Waals surface area contributed by atoms with Crippen LogP contribution in [0.3, 0.4) is 0 Å². The molecule has 0 radical (unpaired) electrons. The number of ether oxygens (including phenoxy) is 1. The molecule has 0 spiro atoms. The summed E-state index contributed by atoms with van der Waals surface area (Å²) in [6.45, 7) is 1.88. The Morgan fingerprint density at radius 1 is 1.30 bits per heavy atom. The Hall–Kier alpha value is -1.82. The monoisotopic (exact) mass is 331 g/mol. The number of aromatic nitrogens is 1. The predicted molar refractivity (Wildman–Crippen MR) is 92.3 cm³/mol. The van der Waals surface area contributed by atoms with Gasteiger partial charge in [-0.05, 0) is 37.8 Å². The number of methoxy groups -OCH3 is 1. The number of fused-ring (bicyclic) bond motifs is 1.